The first kappa shape index (κ1) is 21.6. The number of amides is 2. The van der Waals surface area contributed by atoms with Gasteiger partial charge in [-0.05, 0) is 62.4 Å². The number of para-hydroxylation sites is 2. The summed E-state index contributed by atoms with van der Waals surface area (Å²) in [6, 6.07) is 11.3. The Bertz CT molecular complexity index is 1500. The van der Waals surface area contributed by atoms with E-state index < -0.39 is 0 Å². The van der Waals surface area contributed by atoms with Crippen LogP contribution in [-0.2, 0) is 4.79 Å². The lowest BCUT2D eigenvalue weighted by Crippen LogP contribution is -2.45. The van der Waals surface area contributed by atoms with Crippen molar-refractivity contribution < 1.29 is 9.59 Å². The number of hydrogen-bond donors (Lipinski definition) is 3. The molecule has 2 fully saturated rings. The van der Waals surface area contributed by atoms with Gasteiger partial charge >= 0.3 is 5.69 Å². The molecule has 6 rings (SSSR count). The molecule has 2 aliphatic rings. The Labute approximate surface area is 201 Å². The standard InChI is InChI=1S/C26H28N6O3/c1-15-12-17(13-20-23(15)30-24(28-20)16-6-7-16)25(34)27-14-22(33)31-10-8-18(9-11-31)32-21-5-3-2-4-19(21)29-26(32)35/h2-5,12-13,16,18H,6-11,14H2,1H3,(H,27,34)(H,28,30)(H,29,35). The normalized spacial score (nSPS) is 16.8. The van der Waals surface area contributed by atoms with E-state index in [1.807, 2.05) is 47.9 Å². The van der Waals surface area contributed by atoms with Crippen molar-refractivity contribution in [3.8, 4) is 0 Å². The van der Waals surface area contributed by atoms with E-state index in [1.165, 1.54) is 0 Å². The van der Waals surface area contributed by atoms with Gasteiger partial charge in [0.05, 0.1) is 28.6 Å². The Morgan fingerprint density at radius 2 is 1.83 bits per heavy atom. The van der Waals surface area contributed by atoms with Gasteiger partial charge in [0.2, 0.25) is 5.91 Å². The highest BCUT2D eigenvalue weighted by molar-refractivity contribution is 5.99. The maximum Gasteiger partial charge on any atom is 0.326 e. The van der Waals surface area contributed by atoms with Crippen LogP contribution in [0.25, 0.3) is 22.1 Å². The number of aromatic amines is 2. The van der Waals surface area contributed by atoms with Crippen molar-refractivity contribution in [1.29, 1.82) is 0 Å². The fraction of sp³-hybridized carbons (Fsp3) is 0.385. The van der Waals surface area contributed by atoms with Gasteiger partial charge in [-0.1, -0.05) is 12.1 Å². The first-order valence-electron chi connectivity index (χ1n) is 12.2. The zero-order chi connectivity index (χ0) is 24.1. The molecule has 2 aromatic heterocycles. The summed E-state index contributed by atoms with van der Waals surface area (Å²) in [4.78, 5) is 50.8. The largest absolute Gasteiger partial charge is 0.343 e. The number of carbonyl (C=O) groups is 2. The number of aryl methyl sites for hydroxylation is 1. The molecule has 1 saturated carbocycles. The molecular weight excluding hydrogens is 444 g/mol. The number of nitrogens with zero attached hydrogens (tertiary/aromatic N) is 3. The Kier molecular flexibility index (Phi) is 5.20. The topological polar surface area (TPSA) is 116 Å². The number of fused-ring (bicyclic) bond motifs is 2. The van der Waals surface area contributed by atoms with Crippen LogP contribution in [0.5, 0.6) is 0 Å². The van der Waals surface area contributed by atoms with E-state index in [0.29, 0.717) is 37.4 Å². The highest BCUT2D eigenvalue weighted by atomic mass is 16.2. The van der Waals surface area contributed by atoms with Crippen molar-refractivity contribution in [3.05, 3.63) is 63.8 Å². The van der Waals surface area contributed by atoms with Gasteiger partial charge in [0.15, 0.2) is 0 Å². The predicted molar refractivity (Wildman–Crippen MR) is 133 cm³/mol. The van der Waals surface area contributed by atoms with Crippen molar-refractivity contribution in [3.63, 3.8) is 0 Å². The Morgan fingerprint density at radius 1 is 1.06 bits per heavy atom. The second-order valence-electron chi connectivity index (χ2n) is 9.70. The molecule has 1 saturated heterocycles. The molecule has 3 heterocycles. The molecule has 0 radical (unpaired) electrons. The van der Waals surface area contributed by atoms with Gasteiger partial charge in [0.25, 0.3) is 5.91 Å². The number of imidazole rings is 2. The van der Waals surface area contributed by atoms with Crippen LogP contribution in [0.15, 0.2) is 41.2 Å². The van der Waals surface area contributed by atoms with Gasteiger partial charge in [-0.25, -0.2) is 9.78 Å². The summed E-state index contributed by atoms with van der Waals surface area (Å²) in [7, 11) is 0. The smallest absolute Gasteiger partial charge is 0.326 e. The Morgan fingerprint density at radius 3 is 2.60 bits per heavy atom. The molecule has 0 atom stereocenters. The van der Waals surface area contributed by atoms with Crippen LogP contribution >= 0.6 is 0 Å². The van der Waals surface area contributed by atoms with Crippen LogP contribution in [0, 0.1) is 6.92 Å². The second-order valence-corrected chi connectivity index (χ2v) is 9.70. The first-order valence-corrected chi connectivity index (χ1v) is 12.2. The number of hydrogen-bond acceptors (Lipinski definition) is 4. The third-order valence-electron chi connectivity index (χ3n) is 7.23. The molecule has 35 heavy (non-hydrogen) atoms. The molecule has 3 N–H and O–H groups in total. The highest BCUT2D eigenvalue weighted by Gasteiger charge is 2.28. The molecule has 9 nitrogen and oxygen atoms in total. The maximum absolute atomic E-state index is 12.8. The van der Waals surface area contributed by atoms with Crippen molar-refractivity contribution in [1.82, 2.24) is 29.7 Å². The molecular formula is C26H28N6O3. The van der Waals surface area contributed by atoms with Gasteiger partial charge < -0.3 is 20.2 Å². The highest BCUT2D eigenvalue weighted by Crippen LogP contribution is 2.39. The van der Waals surface area contributed by atoms with E-state index in [0.717, 1.165) is 46.3 Å². The molecule has 2 amide bonds. The summed E-state index contributed by atoms with van der Waals surface area (Å²) in [5.41, 5.74) is 4.82. The van der Waals surface area contributed by atoms with E-state index in [-0.39, 0.29) is 30.1 Å². The lowest BCUT2D eigenvalue weighted by molar-refractivity contribution is -0.131. The molecule has 1 aliphatic carbocycles. The SMILES string of the molecule is Cc1cc(C(=O)NCC(=O)N2CCC(n3c(=O)[nH]c4ccccc43)CC2)cc2[nH]c(C3CC3)nc12. The molecule has 2 aromatic carbocycles. The molecule has 0 unspecified atom stereocenters. The predicted octanol–water partition coefficient (Wildman–Crippen LogP) is 2.99. The number of piperidine rings is 1. The maximum atomic E-state index is 12.8. The average Bonchev–Trinajstić information content (AvgIpc) is 3.53. The fourth-order valence-corrected chi connectivity index (χ4v) is 5.17. The number of likely N-dealkylation sites (tertiary alicyclic amines) is 1. The van der Waals surface area contributed by atoms with E-state index in [4.69, 9.17) is 0 Å². The average molecular weight is 473 g/mol. The second kappa shape index (κ2) is 8.41. The van der Waals surface area contributed by atoms with Gasteiger partial charge in [-0.15, -0.1) is 0 Å². The summed E-state index contributed by atoms with van der Waals surface area (Å²) in [6.45, 7) is 3.00. The zero-order valence-corrected chi connectivity index (χ0v) is 19.6. The van der Waals surface area contributed by atoms with Gasteiger partial charge in [-0.2, -0.15) is 0 Å². The van der Waals surface area contributed by atoms with Gasteiger partial charge in [0, 0.05) is 30.6 Å². The molecule has 9 heteroatoms. The molecule has 180 valence electrons. The summed E-state index contributed by atoms with van der Waals surface area (Å²) < 4.78 is 1.81. The lowest BCUT2D eigenvalue weighted by Gasteiger charge is -2.32. The molecule has 0 spiro atoms. The Balaban J connectivity index is 1.07. The van der Waals surface area contributed by atoms with Crippen LogP contribution in [0.4, 0.5) is 0 Å². The van der Waals surface area contributed by atoms with Gasteiger partial charge in [-0.3, -0.25) is 14.2 Å². The summed E-state index contributed by atoms with van der Waals surface area (Å²) in [5.74, 6) is 1.12. The number of H-pyrrole nitrogens is 2. The number of benzene rings is 2. The summed E-state index contributed by atoms with van der Waals surface area (Å²) in [6.07, 6.45) is 3.70. The van der Waals surface area contributed by atoms with Crippen LogP contribution in [-0.4, -0.2) is 55.9 Å². The quantitative estimate of drug-likeness (QED) is 0.414. The van der Waals surface area contributed by atoms with E-state index in [2.05, 4.69) is 20.3 Å². The third kappa shape index (κ3) is 4.00. The monoisotopic (exact) mass is 472 g/mol. The summed E-state index contributed by atoms with van der Waals surface area (Å²) in [5, 5.41) is 2.78. The summed E-state index contributed by atoms with van der Waals surface area (Å²) >= 11 is 0. The van der Waals surface area contributed by atoms with Crippen molar-refractivity contribution in [2.24, 2.45) is 0 Å². The van der Waals surface area contributed by atoms with Crippen LogP contribution in [0.1, 0.15) is 59.4 Å². The minimum atomic E-state index is -0.272. The fourth-order valence-electron chi connectivity index (χ4n) is 5.17. The van der Waals surface area contributed by atoms with Crippen molar-refractivity contribution in [2.45, 2.75) is 44.6 Å². The minimum absolute atomic E-state index is 0.0435. The number of nitrogens with one attached hydrogen (secondary N) is 3. The van der Waals surface area contributed by atoms with Gasteiger partial charge in [0.1, 0.15) is 5.82 Å². The van der Waals surface area contributed by atoms with Crippen LogP contribution < -0.4 is 11.0 Å². The Hall–Kier alpha value is -3.88. The number of aromatic nitrogens is 4. The lowest BCUT2D eigenvalue weighted by atomic mass is 10.0. The molecule has 0 bridgehead atoms. The van der Waals surface area contributed by atoms with E-state index >= 15 is 0 Å². The third-order valence-corrected chi connectivity index (χ3v) is 7.23. The number of rotatable bonds is 5. The van der Waals surface area contributed by atoms with Crippen LogP contribution in [0.2, 0.25) is 0 Å². The minimum Gasteiger partial charge on any atom is -0.343 e. The van der Waals surface area contributed by atoms with Crippen molar-refractivity contribution in [2.75, 3.05) is 19.6 Å². The molecule has 4 aromatic rings. The van der Waals surface area contributed by atoms with E-state index in [9.17, 15) is 14.4 Å². The molecule has 1 aliphatic heterocycles. The zero-order valence-electron chi connectivity index (χ0n) is 19.6. The first-order chi connectivity index (χ1) is 17.0. The van der Waals surface area contributed by atoms with Crippen molar-refractivity contribution >= 4 is 33.9 Å². The van der Waals surface area contributed by atoms with Crippen LogP contribution in [0.3, 0.4) is 0 Å². The number of carbonyl (C=O) groups excluding carboxylic acids is 2. The van der Waals surface area contributed by atoms with E-state index in [1.54, 1.807) is 4.90 Å².